The van der Waals surface area contributed by atoms with Crippen molar-refractivity contribution in [2.75, 3.05) is 0 Å². The van der Waals surface area contributed by atoms with E-state index in [4.69, 9.17) is 5.11 Å². The number of rotatable bonds is 0. The topological polar surface area (TPSA) is 20.2 Å². The first kappa shape index (κ1) is 5.75. The normalized spacial score (nSPS) is 9.25. The van der Waals surface area contributed by atoms with Crippen molar-refractivity contribution in [3.63, 3.8) is 0 Å². The molecule has 36 valence electrons. The second-order valence-corrected chi connectivity index (χ2v) is 1.79. The van der Waals surface area contributed by atoms with Crippen LogP contribution in [0.4, 0.5) is 0 Å². The van der Waals surface area contributed by atoms with Gasteiger partial charge in [-0.15, -0.1) is 0 Å². The molecular weight excluding hydrogens is 95.0 g/mol. The predicted octanol–water partition coefficient (Wildman–Crippen LogP) is 0.186. The molecular formula is C6H5LiO. The standard InChI is InChI=1S/C6H5O.Li/c7-6-4-2-1-3-5-6;/h1-4,7H;. The summed E-state index contributed by atoms with van der Waals surface area (Å²) in [6.45, 7) is 0. The number of hydrogen-bond donors (Lipinski definition) is 1. The van der Waals surface area contributed by atoms with Gasteiger partial charge >= 0.3 is 57.1 Å². The van der Waals surface area contributed by atoms with Crippen LogP contribution in [0.15, 0.2) is 24.3 Å². The van der Waals surface area contributed by atoms with Crippen molar-refractivity contribution in [1.29, 1.82) is 0 Å². The summed E-state index contributed by atoms with van der Waals surface area (Å²) in [6.07, 6.45) is 0. The molecule has 0 radical (unpaired) electrons. The van der Waals surface area contributed by atoms with Crippen LogP contribution in [-0.4, -0.2) is 22.8 Å². The minimum absolute atomic E-state index is 0.368. The van der Waals surface area contributed by atoms with Gasteiger partial charge in [-0.25, -0.2) is 0 Å². The number of hydrogen-bond acceptors (Lipinski definition) is 1. The Morgan fingerprint density at radius 2 is 1.88 bits per heavy atom. The summed E-state index contributed by atoms with van der Waals surface area (Å²) in [5, 5.41) is 8.92. The third-order valence-electron chi connectivity index (χ3n) is 1.12. The van der Waals surface area contributed by atoms with Gasteiger partial charge in [0, 0.05) is 0 Å². The number of phenols is 1. The van der Waals surface area contributed by atoms with E-state index in [-0.39, 0.29) is 0 Å². The van der Waals surface area contributed by atoms with Crippen molar-refractivity contribution in [2.45, 2.75) is 0 Å². The molecule has 0 aliphatic heterocycles. The van der Waals surface area contributed by atoms with E-state index >= 15 is 0 Å². The maximum atomic E-state index is 8.92. The average Bonchev–Trinajstić information content (AvgIpc) is 1.77. The first-order valence-electron chi connectivity index (χ1n) is 2.55. The van der Waals surface area contributed by atoms with Gasteiger partial charge in [0.25, 0.3) is 0 Å². The molecule has 0 bridgehead atoms. The molecule has 2 heteroatoms. The summed E-state index contributed by atoms with van der Waals surface area (Å²) in [4.78, 5) is 0. The van der Waals surface area contributed by atoms with Crippen molar-refractivity contribution in [2.24, 2.45) is 0 Å². The zero-order valence-electron chi connectivity index (χ0n) is 4.76. The Kier molecular flexibility index (Phi) is 1.62. The van der Waals surface area contributed by atoms with Crippen LogP contribution in [0.25, 0.3) is 0 Å². The Morgan fingerprint density at radius 3 is 2.25 bits per heavy atom. The summed E-state index contributed by atoms with van der Waals surface area (Å²) in [6, 6.07) is 7.25. The van der Waals surface area contributed by atoms with Gasteiger partial charge in [-0.2, -0.15) is 0 Å². The molecule has 0 spiro atoms. The molecule has 1 rings (SSSR count). The molecule has 0 aromatic heterocycles. The minimum atomic E-state index is 0.368. The zero-order chi connectivity index (χ0) is 5.98. The van der Waals surface area contributed by atoms with E-state index in [1.165, 1.54) is 0 Å². The fraction of sp³-hybridized carbons (Fsp3) is 0. The van der Waals surface area contributed by atoms with E-state index in [1.54, 1.807) is 6.07 Å². The van der Waals surface area contributed by atoms with Crippen LogP contribution in [0.5, 0.6) is 5.75 Å². The SMILES string of the molecule is [Li][c]1ccccc1O. The van der Waals surface area contributed by atoms with Crippen molar-refractivity contribution >= 4 is 22.0 Å². The van der Waals surface area contributed by atoms with Crippen LogP contribution >= 0.6 is 0 Å². The zero-order valence-corrected chi connectivity index (χ0v) is 4.76. The summed E-state index contributed by atoms with van der Waals surface area (Å²) < 4.78 is 0.924. The van der Waals surface area contributed by atoms with Crippen molar-refractivity contribution in [3.05, 3.63) is 24.3 Å². The molecule has 0 aliphatic carbocycles. The van der Waals surface area contributed by atoms with E-state index in [1.807, 2.05) is 35.9 Å². The summed E-state index contributed by atoms with van der Waals surface area (Å²) >= 11 is 1.87. The number of phenolic OH excluding ortho intramolecular Hbond substituents is 1. The average molecular weight is 100 g/mol. The van der Waals surface area contributed by atoms with E-state index in [0.717, 1.165) is 4.24 Å². The molecule has 0 fully saturated rings. The summed E-state index contributed by atoms with van der Waals surface area (Å²) in [7, 11) is 0. The molecule has 0 unspecified atom stereocenters. The van der Waals surface area contributed by atoms with Crippen molar-refractivity contribution < 1.29 is 5.11 Å². The molecule has 0 amide bonds. The van der Waals surface area contributed by atoms with E-state index in [9.17, 15) is 0 Å². The van der Waals surface area contributed by atoms with Gasteiger partial charge < -0.3 is 0 Å². The van der Waals surface area contributed by atoms with Crippen LogP contribution in [0.1, 0.15) is 0 Å². The molecule has 0 saturated carbocycles. The van der Waals surface area contributed by atoms with Gasteiger partial charge in [0.05, 0.1) is 0 Å². The van der Waals surface area contributed by atoms with Crippen LogP contribution in [-0.2, 0) is 0 Å². The Labute approximate surface area is 57.5 Å². The Bertz CT molecular complexity index is 165. The molecule has 1 nitrogen and oxygen atoms in total. The van der Waals surface area contributed by atoms with Crippen molar-refractivity contribution in [1.82, 2.24) is 0 Å². The molecule has 0 atom stereocenters. The van der Waals surface area contributed by atoms with Crippen LogP contribution in [0, 0.1) is 0 Å². The van der Waals surface area contributed by atoms with Gasteiger partial charge in [-0.05, 0) is 0 Å². The van der Waals surface area contributed by atoms with Crippen LogP contribution in [0.3, 0.4) is 0 Å². The van der Waals surface area contributed by atoms with Crippen LogP contribution < -0.4 is 4.24 Å². The van der Waals surface area contributed by atoms with E-state index in [0.29, 0.717) is 5.75 Å². The first-order chi connectivity index (χ1) is 3.80. The third-order valence-corrected chi connectivity index (χ3v) is 1.12. The predicted molar refractivity (Wildman–Crippen MR) is 33.5 cm³/mol. The van der Waals surface area contributed by atoms with Gasteiger partial charge in [0.15, 0.2) is 0 Å². The summed E-state index contributed by atoms with van der Waals surface area (Å²) in [5.74, 6) is 0.368. The first-order valence-corrected chi connectivity index (χ1v) is 2.55. The molecule has 8 heavy (non-hydrogen) atoms. The number of benzene rings is 1. The molecule has 0 aliphatic rings. The third kappa shape index (κ3) is 1.06. The fourth-order valence-electron chi connectivity index (χ4n) is 0.563. The maximum absolute atomic E-state index is 8.92. The Hall–Kier alpha value is -0.383. The van der Waals surface area contributed by atoms with Crippen molar-refractivity contribution in [3.8, 4) is 5.75 Å². The quantitative estimate of drug-likeness (QED) is 0.461. The Morgan fingerprint density at radius 1 is 1.25 bits per heavy atom. The number of para-hydroxylation sites is 1. The summed E-state index contributed by atoms with van der Waals surface area (Å²) in [5.41, 5.74) is 0. The molecule has 1 N–H and O–H groups in total. The fourth-order valence-corrected chi connectivity index (χ4v) is 0.563. The van der Waals surface area contributed by atoms with Gasteiger partial charge in [-0.3, -0.25) is 0 Å². The van der Waals surface area contributed by atoms with E-state index < -0.39 is 0 Å². The molecule has 0 saturated heterocycles. The second-order valence-electron chi connectivity index (χ2n) is 1.79. The molecule has 1 aromatic rings. The molecule has 0 heterocycles. The monoisotopic (exact) mass is 100 g/mol. The van der Waals surface area contributed by atoms with Gasteiger partial charge in [0.1, 0.15) is 0 Å². The van der Waals surface area contributed by atoms with Gasteiger partial charge in [-0.1, -0.05) is 0 Å². The number of aromatic hydroxyl groups is 1. The Balaban J connectivity index is 3.13. The van der Waals surface area contributed by atoms with Crippen LogP contribution in [0.2, 0.25) is 0 Å². The molecule has 1 aromatic carbocycles. The van der Waals surface area contributed by atoms with E-state index in [2.05, 4.69) is 0 Å². The van der Waals surface area contributed by atoms with Gasteiger partial charge in [0.2, 0.25) is 0 Å². The second kappa shape index (κ2) is 2.26.